The van der Waals surface area contributed by atoms with Crippen molar-refractivity contribution in [2.45, 2.75) is 37.4 Å². The number of hydrogen-bond donors (Lipinski definition) is 1. The SMILES string of the molecule is CC(N)C1(c2ccc(Cl)cc2C(F)(F)F)CC1. The van der Waals surface area contributed by atoms with E-state index in [4.69, 9.17) is 17.3 Å². The Bertz CT molecular complexity index is 436. The second-order valence-corrected chi connectivity index (χ2v) is 5.07. The Balaban J connectivity index is 2.55. The number of rotatable bonds is 2. The van der Waals surface area contributed by atoms with Gasteiger partial charge < -0.3 is 5.73 Å². The third kappa shape index (κ3) is 2.16. The summed E-state index contributed by atoms with van der Waals surface area (Å²) in [5, 5.41) is 0.0987. The Morgan fingerprint density at radius 2 is 1.94 bits per heavy atom. The van der Waals surface area contributed by atoms with Crippen LogP contribution >= 0.6 is 11.6 Å². The van der Waals surface area contributed by atoms with E-state index in [-0.39, 0.29) is 16.6 Å². The van der Waals surface area contributed by atoms with Crippen molar-refractivity contribution < 1.29 is 13.2 Å². The summed E-state index contributed by atoms with van der Waals surface area (Å²) in [6, 6.07) is 3.65. The molecule has 2 N–H and O–H groups in total. The third-order valence-electron chi connectivity index (χ3n) is 3.48. The molecule has 2 rings (SSSR count). The molecule has 1 fully saturated rings. The molecule has 1 aliphatic carbocycles. The van der Waals surface area contributed by atoms with Gasteiger partial charge in [0.1, 0.15) is 0 Å². The molecule has 0 bridgehead atoms. The molecule has 0 amide bonds. The van der Waals surface area contributed by atoms with Crippen LogP contribution in [-0.2, 0) is 11.6 Å². The van der Waals surface area contributed by atoms with Gasteiger partial charge in [-0.15, -0.1) is 0 Å². The van der Waals surface area contributed by atoms with Crippen LogP contribution in [-0.4, -0.2) is 6.04 Å². The smallest absolute Gasteiger partial charge is 0.327 e. The number of alkyl halides is 3. The molecule has 0 heterocycles. The highest BCUT2D eigenvalue weighted by Gasteiger charge is 2.51. The van der Waals surface area contributed by atoms with Crippen molar-refractivity contribution in [3.05, 3.63) is 34.3 Å². The van der Waals surface area contributed by atoms with Crippen LogP contribution in [0.4, 0.5) is 13.2 Å². The summed E-state index contributed by atoms with van der Waals surface area (Å²) in [4.78, 5) is 0. The number of nitrogens with two attached hydrogens (primary N) is 1. The predicted molar refractivity (Wildman–Crippen MR) is 61.0 cm³/mol. The molecule has 1 saturated carbocycles. The molecular weight excluding hydrogens is 251 g/mol. The first-order valence-electron chi connectivity index (χ1n) is 5.40. The lowest BCUT2D eigenvalue weighted by atomic mass is 9.86. The normalized spacial score (nSPS) is 20.1. The molecule has 94 valence electrons. The molecule has 0 spiro atoms. The molecule has 0 saturated heterocycles. The fraction of sp³-hybridized carbons (Fsp3) is 0.500. The monoisotopic (exact) mass is 263 g/mol. The van der Waals surface area contributed by atoms with Gasteiger partial charge in [-0.05, 0) is 37.5 Å². The van der Waals surface area contributed by atoms with Crippen molar-refractivity contribution >= 4 is 11.6 Å². The minimum atomic E-state index is -4.38. The van der Waals surface area contributed by atoms with E-state index in [9.17, 15) is 13.2 Å². The summed E-state index contributed by atoms with van der Waals surface area (Å²) in [6.45, 7) is 1.75. The first-order valence-corrected chi connectivity index (χ1v) is 5.78. The second-order valence-electron chi connectivity index (χ2n) is 4.63. The Morgan fingerprint density at radius 3 is 2.35 bits per heavy atom. The maximum absolute atomic E-state index is 13.0. The van der Waals surface area contributed by atoms with Crippen molar-refractivity contribution in [1.82, 2.24) is 0 Å². The van der Waals surface area contributed by atoms with Gasteiger partial charge in [0, 0.05) is 16.5 Å². The van der Waals surface area contributed by atoms with Gasteiger partial charge >= 0.3 is 6.18 Å². The van der Waals surface area contributed by atoms with Crippen molar-refractivity contribution in [2.24, 2.45) is 5.73 Å². The summed E-state index contributed by atoms with van der Waals surface area (Å²) in [5.74, 6) is 0. The molecule has 0 aliphatic heterocycles. The van der Waals surface area contributed by atoms with E-state index in [0.29, 0.717) is 12.8 Å². The molecule has 1 atom stereocenters. The van der Waals surface area contributed by atoms with Crippen molar-refractivity contribution in [3.63, 3.8) is 0 Å². The van der Waals surface area contributed by atoms with Gasteiger partial charge in [-0.25, -0.2) is 0 Å². The zero-order chi connectivity index (χ0) is 12.8. The highest BCUT2D eigenvalue weighted by Crippen LogP contribution is 2.53. The zero-order valence-corrected chi connectivity index (χ0v) is 10.1. The van der Waals surface area contributed by atoms with Gasteiger partial charge in [0.2, 0.25) is 0 Å². The lowest BCUT2D eigenvalue weighted by Crippen LogP contribution is -2.33. The maximum atomic E-state index is 13.0. The number of hydrogen-bond acceptors (Lipinski definition) is 1. The summed E-state index contributed by atoms with van der Waals surface area (Å²) in [5.41, 5.74) is 4.93. The fourth-order valence-corrected chi connectivity index (χ4v) is 2.46. The molecule has 17 heavy (non-hydrogen) atoms. The van der Waals surface area contributed by atoms with Gasteiger partial charge in [0.15, 0.2) is 0 Å². The average Bonchev–Trinajstić information content (AvgIpc) is 2.97. The van der Waals surface area contributed by atoms with Crippen LogP contribution in [0, 0.1) is 0 Å². The van der Waals surface area contributed by atoms with E-state index >= 15 is 0 Å². The van der Waals surface area contributed by atoms with E-state index in [1.807, 2.05) is 0 Å². The van der Waals surface area contributed by atoms with Crippen LogP contribution in [0.15, 0.2) is 18.2 Å². The standard InChI is InChI=1S/C12H13ClF3N/c1-7(17)11(4-5-11)9-3-2-8(13)6-10(9)12(14,15)16/h2-3,6-7H,4-5,17H2,1H3. The summed E-state index contributed by atoms with van der Waals surface area (Å²) in [7, 11) is 0. The third-order valence-corrected chi connectivity index (χ3v) is 3.72. The quantitative estimate of drug-likeness (QED) is 0.864. The largest absolute Gasteiger partial charge is 0.416 e. The predicted octanol–water partition coefficient (Wildman–Crippen LogP) is 3.74. The highest BCUT2D eigenvalue weighted by molar-refractivity contribution is 6.30. The first kappa shape index (κ1) is 12.7. The zero-order valence-electron chi connectivity index (χ0n) is 9.31. The van der Waals surface area contributed by atoms with Crippen LogP contribution in [0.5, 0.6) is 0 Å². The second kappa shape index (κ2) is 3.89. The molecule has 0 radical (unpaired) electrons. The van der Waals surface area contributed by atoms with E-state index < -0.39 is 17.2 Å². The van der Waals surface area contributed by atoms with Gasteiger partial charge in [0.05, 0.1) is 5.56 Å². The van der Waals surface area contributed by atoms with E-state index in [0.717, 1.165) is 6.07 Å². The van der Waals surface area contributed by atoms with Crippen molar-refractivity contribution in [3.8, 4) is 0 Å². The number of halogens is 4. The molecule has 1 unspecified atom stereocenters. The van der Waals surface area contributed by atoms with E-state index in [2.05, 4.69) is 0 Å². The fourth-order valence-electron chi connectivity index (χ4n) is 2.29. The molecule has 1 aromatic rings. The lowest BCUT2D eigenvalue weighted by Gasteiger charge is -2.24. The summed E-state index contributed by atoms with van der Waals surface area (Å²) in [6.07, 6.45) is -2.98. The maximum Gasteiger partial charge on any atom is 0.416 e. The molecule has 1 nitrogen and oxygen atoms in total. The van der Waals surface area contributed by atoms with Gasteiger partial charge in [-0.3, -0.25) is 0 Å². The van der Waals surface area contributed by atoms with Crippen molar-refractivity contribution in [1.29, 1.82) is 0 Å². The van der Waals surface area contributed by atoms with Crippen LogP contribution in [0.25, 0.3) is 0 Å². The lowest BCUT2D eigenvalue weighted by molar-refractivity contribution is -0.138. The highest BCUT2D eigenvalue weighted by atomic mass is 35.5. The van der Waals surface area contributed by atoms with Gasteiger partial charge in [-0.1, -0.05) is 17.7 Å². The number of benzene rings is 1. The first-order chi connectivity index (χ1) is 7.77. The Labute approximate surface area is 103 Å². The molecule has 0 aromatic heterocycles. The molecule has 1 aliphatic rings. The Morgan fingerprint density at radius 1 is 1.35 bits per heavy atom. The van der Waals surface area contributed by atoms with E-state index in [1.165, 1.54) is 12.1 Å². The van der Waals surface area contributed by atoms with Crippen molar-refractivity contribution in [2.75, 3.05) is 0 Å². The van der Waals surface area contributed by atoms with Crippen LogP contribution < -0.4 is 5.73 Å². The Kier molecular flexibility index (Phi) is 2.91. The average molecular weight is 264 g/mol. The topological polar surface area (TPSA) is 26.0 Å². The Hall–Kier alpha value is -0.740. The molecular formula is C12H13ClF3N. The molecule has 1 aromatic carbocycles. The van der Waals surface area contributed by atoms with Crippen LogP contribution in [0.3, 0.4) is 0 Å². The summed E-state index contributed by atoms with van der Waals surface area (Å²) >= 11 is 5.64. The van der Waals surface area contributed by atoms with Gasteiger partial charge in [0.25, 0.3) is 0 Å². The minimum absolute atomic E-state index is 0.0987. The van der Waals surface area contributed by atoms with Gasteiger partial charge in [-0.2, -0.15) is 13.2 Å². The minimum Gasteiger partial charge on any atom is -0.327 e. The van der Waals surface area contributed by atoms with Crippen LogP contribution in [0.1, 0.15) is 30.9 Å². The molecule has 5 heteroatoms. The van der Waals surface area contributed by atoms with Crippen LogP contribution in [0.2, 0.25) is 5.02 Å². The van der Waals surface area contributed by atoms with E-state index in [1.54, 1.807) is 6.92 Å². The summed E-state index contributed by atoms with van der Waals surface area (Å²) < 4.78 is 38.9.